The number of benzene rings is 2. The number of methoxy groups -OCH3 is 1. The van der Waals surface area contributed by atoms with Gasteiger partial charge in [-0.1, -0.05) is 30.3 Å². The third-order valence-corrected chi connectivity index (χ3v) is 4.74. The second-order valence-corrected chi connectivity index (χ2v) is 7.22. The minimum Gasteiger partial charge on any atom is -0.496 e. The number of para-hydroxylation sites is 2. The highest BCUT2D eigenvalue weighted by Crippen LogP contribution is 2.18. The second kappa shape index (κ2) is 12.5. The molecule has 0 aliphatic carbocycles. The summed E-state index contributed by atoms with van der Waals surface area (Å²) >= 11 is 1.54. The van der Waals surface area contributed by atoms with Crippen LogP contribution in [-0.2, 0) is 14.3 Å². The molecular weight excluding hydrogens is 406 g/mol. The van der Waals surface area contributed by atoms with Crippen molar-refractivity contribution in [3.8, 4) is 11.5 Å². The normalized spacial score (nSPS) is 11.3. The smallest absolute Gasteiger partial charge is 0.329 e. The Hall–Kier alpha value is -3.00. The van der Waals surface area contributed by atoms with Crippen molar-refractivity contribution in [2.45, 2.75) is 12.5 Å². The number of thioether (sulfide) groups is 1. The third kappa shape index (κ3) is 7.44. The number of nitrogens with one attached hydrogen (secondary N) is 1. The zero-order valence-electron chi connectivity index (χ0n) is 17.0. The van der Waals surface area contributed by atoms with Crippen molar-refractivity contribution in [1.82, 2.24) is 5.32 Å². The van der Waals surface area contributed by atoms with Gasteiger partial charge in [0.2, 0.25) is 5.78 Å². The number of esters is 1. The van der Waals surface area contributed by atoms with Crippen molar-refractivity contribution in [2.24, 2.45) is 0 Å². The molecule has 0 aliphatic heterocycles. The highest BCUT2D eigenvalue weighted by molar-refractivity contribution is 7.98. The van der Waals surface area contributed by atoms with Crippen LogP contribution in [0.4, 0.5) is 0 Å². The molecule has 0 aromatic heterocycles. The van der Waals surface area contributed by atoms with Gasteiger partial charge in [-0.25, -0.2) is 4.79 Å². The Morgan fingerprint density at radius 1 is 1.00 bits per heavy atom. The van der Waals surface area contributed by atoms with E-state index >= 15 is 0 Å². The number of Topliss-reactive ketones (excluding diaryl/α,β-unsaturated/α-hetero) is 1. The van der Waals surface area contributed by atoms with Gasteiger partial charge in [0.25, 0.3) is 5.91 Å². The van der Waals surface area contributed by atoms with Gasteiger partial charge < -0.3 is 19.5 Å². The van der Waals surface area contributed by atoms with Gasteiger partial charge in [0.1, 0.15) is 17.5 Å². The maximum atomic E-state index is 12.5. The SMILES string of the molecule is COc1ccccc1C(=O)COC(=O)[C@@H](CCSC)NC(=O)COc1ccccc1. The molecule has 0 saturated heterocycles. The van der Waals surface area contributed by atoms with E-state index in [9.17, 15) is 14.4 Å². The monoisotopic (exact) mass is 431 g/mol. The van der Waals surface area contributed by atoms with Crippen LogP contribution in [0.15, 0.2) is 54.6 Å². The lowest BCUT2D eigenvalue weighted by Crippen LogP contribution is -2.44. The van der Waals surface area contributed by atoms with Crippen molar-refractivity contribution in [3.63, 3.8) is 0 Å². The van der Waals surface area contributed by atoms with Gasteiger partial charge in [-0.05, 0) is 42.7 Å². The summed E-state index contributed by atoms with van der Waals surface area (Å²) in [5, 5.41) is 2.62. The summed E-state index contributed by atoms with van der Waals surface area (Å²) in [6.45, 7) is -0.668. The Balaban J connectivity index is 1.90. The number of hydrogen-bond donors (Lipinski definition) is 1. The Morgan fingerprint density at radius 2 is 1.70 bits per heavy atom. The predicted octanol–water partition coefficient (Wildman–Crippen LogP) is 2.74. The van der Waals surface area contributed by atoms with Crippen LogP contribution in [0.3, 0.4) is 0 Å². The van der Waals surface area contributed by atoms with Gasteiger partial charge in [-0.15, -0.1) is 0 Å². The maximum Gasteiger partial charge on any atom is 0.329 e. The quantitative estimate of drug-likeness (QED) is 0.408. The Labute approximate surface area is 180 Å². The van der Waals surface area contributed by atoms with E-state index in [1.807, 2.05) is 12.3 Å². The molecule has 0 spiro atoms. The minimum atomic E-state index is -0.866. The summed E-state index contributed by atoms with van der Waals surface area (Å²) in [6.07, 6.45) is 2.27. The van der Waals surface area contributed by atoms with Crippen molar-refractivity contribution >= 4 is 29.4 Å². The van der Waals surface area contributed by atoms with Crippen LogP contribution in [0.2, 0.25) is 0 Å². The fourth-order valence-corrected chi connectivity index (χ4v) is 3.05. The summed E-state index contributed by atoms with van der Waals surface area (Å²) in [5.74, 6) is 0.101. The lowest BCUT2D eigenvalue weighted by atomic mass is 10.1. The molecule has 2 rings (SSSR count). The molecule has 2 aromatic carbocycles. The Kier molecular flexibility index (Phi) is 9.73. The predicted molar refractivity (Wildman–Crippen MR) is 115 cm³/mol. The maximum absolute atomic E-state index is 12.5. The molecule has 0 bridgehead atoms. The first-order valence-electron chi connectivity index (χ1n) is 9.34. The molecule has 1 amide bonds. The topological polar surface area (TPSA) is 90.9 Å². The van der Waals surface area contributed by atoms with E-state index < -0.39 is 24.5 Å². The lowest BCUT2D eigenvalue weighted by molar-refractivity contribution is -0.147. The van der Waals surface area contributed by atoms with Crippen molar-refractivity contribution < 1.29 is 28.6 Å². The molecular formula is C22H25NO6S. The Morgan fingerprint density at radius 3 is 2.40 bits per heavy atom. The summed E-state index contributed by atoms with van der Waals surface area (Å²) in [4.78, 5) is 37.1. The average Bonchev–Trinajstić information content (AvgIpc) is 2.79. The van der Waals surface area contributed by atoms with Gasteiger partial charge in [0, 0.05) is 0 Å². The van der Waals surface area contributed by atoms with Crippen LogP contribution in [0.25, 0.3) is 0 Å². The first kappa shape index (κ1) is 23.3. The molecule has 7 nitrogen and oxygen atoms in total. The molecule has 0 aliphatic rings. The van der Waals surface area contributed by atoms with E-state index in [-0.39, 0.29) is 12.4 Å². The fraction of sp³-hybridized carbons (Fsp3) is 0.318. The number of amides is 1. The van der Waals surface area contributed by atoms with Crippen molar-refractivity contribution in [3.05, 3.63) is 60.2 Å². The van der Waals surface area contributed by atoms with Gasteiger partial charge in [0.15, 0.2) is 13.2 Å². The highest BCUT2D eigenvalue weighted by atomic mass is 32.2. The molecule has 160 valence electrons. The van der Waals surface area contributed by atoms with E-state index in [2.05, 4.69) is 5.32 Å². The summed E-state index contributed by atoms with van der Waals surface area (Å²) < 4.78 is 15.7. The lowest BCUT2D eigenvalue weighted by Gasteiger charge is -2.17. The van der Waals surface area contributed by atoms with E-state index in [1.165, 1.54) is 18.9 Å². The van der Waals surface area contributed by atoms with Crippen LogP contribution in [0.1, 0.15) is 16.8 Å². The summed E-state index contributed by atoms with van der Waals surface area (Å²) in [6, 6.07) is 14.7. The van der Waals surface area contributed by atoms with E-state index in [0.29, 0.717) is 29.2 Å². The number of carbonyl (C=O) groups excluding carboxylic acids is 3. The van der Waals surface area contributed by atoms with Crippen LogP contribution in [-0.4, -0.2) is 56.0 Å². The number of hydrogen-bond acceptors (Lipinski definition) is 7. The molecule has 2 aromatic rings. The van der Waals surface area contributed by atoms with Crippen LogP contribution >= 0.6 is 11.8 Å². The molecule has 0 heterocycles. The van der Waals surface area contributed by atoms with Crippen LogP contribution in [0.5, 0.6) is 11.5 Å². The molecule has 1 atom stereocenters. The molecule has 8 heteroatoms. The largest absolute Gasteiger partial charge is 0.496 e. The van der Waals surface area contributed by atoms with E-state index in [1.54, 1.807) is 48.5 Å². The average molecular weight is 432 g/mol. The van der Waals surface area contributed by atoms with Gasteiger partial charge in [-0.3, -0.25) is 9.59 Å². The van der Waals surface area contributed by atoms with E-state index in [4.69, 9.17) is 14.2 Å². The number of carbonyl (C=O) groups is 3. The second-order valence-electron chi connectivity index (χ2n) is 6.23. The first-order chi connectivity index (χ1) is 14.5. The Bertz CT molecular complexity index is 843. The molecule has 1 N–H and O–H groups in total. The molecule has 0 saturated carbocycles. The number of ketones is 1. The molecule has 0 radical (unpaired) electrons. The minimum absolute atomic E-state index is 0.229. The zero-order chi connectivity index (χ0) is 21.8. The molecule has 0 fully saturated rings. The zero-order valence-corrected chi connectivity index (χ0v) is 17.8. The summed E-state index contributed by atoms with van der Waals surface area (Å²) in [5.41, 5.74) is 0.328. The first-order valence-corrected chi connectivity index (χ1v) is 10.7. The highest BCUT2D eigenvalue weighted by Gasteiger charge is 2.24. The molecule has 30 heavy (non-hydrogen) atoms. The standard InChI is InChI=1S/C22H25NO6S/c1-27-20-11-7-6-10-17(20)19(24)14-29-22(26)18(12-13-30-2)23-21(25)15-28-16-8-4-3-5-9-16/h3-11,18H,12-15H2,1-2H3,(H,23,25)/t18-/m1/s1. The summed E-state index contributed by atoms with van der Waals surface area (Å²) in [7, 11) is 1.46. The van der Waals surface area contributed by atoms with Gasteiger partial charge >= 0.3 is 5.97 Å². The fourth-order valence-electron chi connectivity index (χ4n) is 2.58. The number of ether oxygens (including phenoxy) is 3. The van der Waals surface area contributed by atoms with Crippen LogP contribution in [0, 0.1) is 0 Å². The van der Waals surface area contributed by atoms with Gasteiger partial charge in [-0.2, -0.15) is 11.8 Å². The number of rotatable bonds is 12. The van der Waals surface area contributed by atoms with Gasteiger partial charge in [0.05, 0.1) is 12.7 Å². The molecule has 0 unspecified atom stereocenters. The van der Waals surface area contributed by atoms with Crippen molar-refractivity contribution in [2.75, 3.05) is 32.3 Å². The van der Waals surface area contributed by atoms with Crippen LogP contribution < -0.4 is 14.8 Å². The third-order valence-electron chi connectivity index (χ3n) is 4.10. The van der Waals surface area contributed by atoms with Crippen molar-refractivity contribution in [1.29, 1.82) is 0 Å². The van der Waals surface area contributed by atoms with E-state index in [0.717, 1.165) is 0 Å².